The summed E-state index contributed by atoms with van der Waals surface area (Å²) >= 11 is 0. The van der Waals surface area contributed by atoms with Gasteiger partial charge in [0.1, 0.15) is 5.82 Å². The standard InChI is InChI=1S/C15H21FN2.ClH/c1-3-4-15(18-9-7-17-8-10-18)14-11-13(16)6-5-12(14)2;/h3,5-6,11,15,17H,1,4,7-10H2,2H3;1H/t15-;/m1./s1. The SMILES string of the molecule is C=CC[C@H](c1cc(F)ccc1C)N1CCNCC1.Cl. The van der Waals surface area contributed by atoms with Gasteiger partial charge in [0.25, 0.3) is 0 Å². The third-order valence-electron chi connectivity index (χ3n) is 3.58. The minimum absolute atomic E-state index is 0. The van der Waals surface area contributed by atoms with Crippen LogP contribution in [0.5, 0.6) is 0 Å². The maximum absolute atomic E-state index is 13.5. The molecule has 1 fully saturated rings. The molecule has 106 valence electrons. The van der Waals surface area contributed by atoms with Gasteiger partial charge in [-0.2, -0.15) is 0 Å². The monoisotopic (exact) mass is 284 g/mol. The van der Waals surface area contributed by atoms with Gasteiger partial charge in [0.15, 0.2) is 0 Å². The zero-order valence-electron chi connectivity index (χ0n) is 11.4. The molecule has 1 atom stereocenters. The lowest BCUT2D eigenvalue weighted by Crippen LogP contribution is -2.45. The van der Waals surface area contributed by atoms with Crippen LogP contribution in [0.3, 0.4) is 0 Å². The van der Waals surface area contributed by atoms with Crippen molar-refractivity contribution < 1.29 is 4.39 Å². The Hall–Kier alpha value is -0.900. The molecule has 0 amide bonds. The molecule has 1 aromatic rings. The van der Waals surface area contributed by atoms with Crippen LogP contribution in [0, 0.1) is 12.7 Å². The van der Waals surface area contributed by atoms with Crippen molar-refractivity contribution in [2.75, 3.05) is 26.2 Å². The molecule has 0 aromatic heterocycles. The third-order valence-corrected chi connectivity index (χ3v) is 3.58. The quantitative estimate of drug-likeness (QED) is 0.855. The first-order valence-electron chi connectivity index (χ1n) is 6.54. The summed E-state index contributed by atoms with van der Waals surface area (Å²) < 4.78 is 13.5. The van der Waals surface area contributed by atoms with Crippen molar-refractivity contribution in [3.8, 4) is 0 Å². The van der Waals surface area contributed by atoms with Gasteiger partial charge in [0.05, 0.1) is 0 Å². The zero-order chi connectivity index (χ0) is 13.0. The Morgan fingerprint density at radius 2 is 2.11 bits per heavy atom. The van der Waals surface area contributed by atoms with E-state index in [0.29, 0.717) is 0 Å². The zero-order valence-corrected chi connectivity index (χ0v) is 12.2. The molecular weight excluding hydrogens is 263 g/mol. The van der Waals surface area contributed by atoms with Crippen LogP contribution in [0.15, 0.2) is 30.9 Å². The molecule has 1 aromatic carbocycles. The van der Waals surface area contributed by atoms with Gasteiger partial charge in [-0.25, -0.2) is 4.39 Å². The third kappa shape index (κ3) is 4.03. The van der Waals surface area contributed by atoms with E-state index in [4.69, 9.17) is 0 Å². The van der Waals surface area contributed by atoms with Gasteiger partial charge >= 0.3 is 0 Å². The van der Waals surface area contributed by atoms with Crippen LogP contribution in [0.4, 0.5) is 4.39 Å². The van der Waals surface area contributed by atoms with E-state index < -0.39 is 0 Å². The minimum atomic E-state index is -0.153. The van der Waals surface area contributed by atoms with Gasteiger partial charge in [-0.1, -0.05) is 12.1 Å². The molecule has 2 nitrogen and oxygen atoms in total. The van der Waals surface area contributed by atoms with Crippen LogP contribution in [0.25, 0.3) is 0 Å². The number of benzene rings is 1. The summed E-state index contributed by atoms with van der Waals surface area (Å²) in [5, 5.41) is 3.35. The molecule has 0 spiro atoms. The van der Waals surface area contributed by atoms with E-state index >= 15 is 0 Å². The van der Waals surface area contributed by atoms with Crippen LogP contribution < -0.4 is 5.32 Å². The second-order valence-electron chi connectivity index (χ2n) is 4.83. The number of rotatable bonds is 4. The van der Waals surface area contributed by atoms with E-state index in [1.54, 1.807) is 6.07 Å². The number of halogens is 2. The molecule has 1 aliphatic heterocycles. The highest BCUT2D eigenvalue weighted by molar-refractivity contribution is 5.85. The number of nitrogens with zero attached hydrogens (tertiary/aromatic N) is 1. The van der Waals surface area contributed by atoms with Crippen molar-refractivity contribution in [1.29, 1.82) is 0 Å². The van der Waals surface area contributed by atoms with E-state index in [0.717, 1.165) is 43.7 Å². The molecule has 0 radical (unpaired) electrons. The minimum Gasteiger partial charge on any atom is -0.314 e. The van der Waals surface area contributed by atoms with Crippen molar-refractivity contribution in [3.05, 3.63) is 47.8 Å². The van der Waals surface area contributed by atoms with Gasteiger partial charge < -0.3 is 5.32 Å². The molecule has 0 saturated carbocycles. The fourth-order valence-corrected chi connectivity index (χ4v) is 2.59. The Morgan fingerprint density at radius 3 is 2.74 bits per heavy atom. The number of hydrogen-bond donors (Lipinski definition) is 1. The number of aryl methyl sites for hydroxylation is 1. The van der Waals surface area contributed by atoms with Crippen LogP contribution in [0.1, 0.15) is 23.6 Å². The fourth-order valence-electron chi connectivity index (χ4n) is 2.59. The normalized spacial score (nSPS) is 17.6. The molecule has 19 heavy (non-hydrogen) atoms. The Morgan fingerprint density at radius 1 is 1.42 bits per heavy atom. The van der Waals surface area contributed by atoms with Crippen molar-refractivity contribution in [1.82, 2.24) is 10.2 Å². The first-order chi connectivity index (χ1) is 8.72. The van der Waals surface area contributed by atoms with Gasteiger partial charge in [0, 0.05) is 32.2 Å². The highest BCUT2D eigenvalue weighted by Crippen LogP contribution is 2.28. The summed E-state index contributed by atoms with van der Waals surface area (Å²) in [6.45, 7) is 9.91. The fraction of sp³-hybridized carbons (Fsp3) is 0.467. The Bertz CT molecular complexity index is 417. The molecule has 0 aliphatic carbocycles. The van der Waals surface area contributed by atoms with Crippen molar-refractivity contribution in [2.24, 2.45) is 0 Å². The lowest BCUT2D eigenvalue weighted by atomic mass is 9.96. The second-order valence-corrected chi connectivity index (χ2v) is 4.83. The first-order valence-corrected chi connectivity index (χ1v) is 6.54. The maximum atomic E-state index is 13.5. The lowest BCUT2D eigenvalue weighted by Gasteiger charge is -2.35. The molecule has 1 aliphatic rings. The highest BCUT2D eigenvalue weighted by Gasteiger charge is 2.22. The lowest BCUT2D eigenvalue weighted by molar-refractivity contribution is 0.174. The smallest absolute Gasteiger partial charge is 0.123 e. The number of hydrogen-bond acceptors (Lipinski definition) is 2. The number of piperazine rings is 1. The van der Waals surface area contributed by atoms with Gasteiger partial charge in [-0.15, -0.1) is 19.0 Å². The van der Waals surface area contributed by atoms with E-state index in [9.17, 15) is 4.39 Å². The summed E-state index contributed by atoms with van der Waals surface area (Å²) in [6, 6.07) is 5.32. The first kappa shape index (κ1) is 16.2. The Balaban J connectivity index is 0.00000180. The Kier molecular flexibility index (Phi) is 6.49. The van der Waals surface area contributed by atoms with E-state index in [1.807, 2.05) is 19.1 Å². The molecule has 0 unspecified atom stereocenters. The van der Waals surface area contributed by atoms with Crippen molar-refractivity contribution in [2.45, 2.75) is 19.4 Å². The molecule has 1 N–H and O–H groups in total. The van der Waals surface area contributed by atoms with Gasteiger partial charge in [-0.3, -0.25) is 4.90 Å². The van der Waals surface area contributed by atoms with E-state index in [-0.39, 0.29) is 24.3 Å². The molecule has 1 heterocycles. The second kappa shape index (κ2) is 7.63. The summed E-state index contributed by atoms with van der Waals surface area (Å²) in [5.41, 5.74) is 2.25. The van der Waals surface area contributed by atoms with Crippen LogP contribution >= 0.6 is 12.4 Å². The van der Waals surface area contributed by atoms with Crippen LogP contribution in [-0.4, -0.2) is 31.1 Å². The molecule has 2 rings (SSSR count). The summed E-state index contributed by atoms with van der Waals surface area (Å²) in [5.74, 6) is -0.153. The summed E-state index contributed by atoms with van der Waals surface area (Å²) in [4.78, 5) is 2.42. The molecule has 1 saturated heterocycles. The maximum Gasteiger partial charge on any atom is 0.123 e. The van der Waals surface area contributed by atoms with Crippen molar-refractivity contribution >= 4 is 12.4 Å². The summed E-state index contributed by atoms with van der Waals surface area (Å²) in [6.07, 6.45) is 2.79. The highest BCUT2D eigenvalue weighted by atomic mass is 35.5. The van der Waals surface area contributed by atoms with Gasteiger partial charge in [0.2, 0.25) is 0 Å². The largest absolute Gasteiger partial charge is 0.314 e. The molecule has 0 bridgehead atoms. The Labute approximate surface area is 121 Å². The van der Waals surface area contributed by atoms with E-state index in [2.05, 4.69) is 16.8 Å². The van der Waals surface area contributed by atoms with Crippen LogP contribution in [0.2, 0.25) is 0 Å². The van der Waals surface area contributed by atoms with Crippen molar-refractivity contribution in [3.63, 3.8) is 0 Å². The summed E-state index contributed by atoms with van der Waals surface area (Å²) in [7, 11) is 0. The van der Waals surface area contributed by atoms with Gasteiger partial charge in [-0.05, 0) is 36.6 Å². The van der Waals surface area contributed by atoms with Crippen LogP contribution in [-0.2, 0) is 0 Å². The predicted molar refractivity (Wildman–Crippen MR) is 80.4 cm³/mol. The average molecular weight is 285 g/mol. The average Bonchev–Trinajstić information content (AvgIpc) is 2.40. The predicted octanol–water partition coefficient (Wildman–Crippen LogP) is 3.08. The number of nitrogens with one attached hydrogen (secondary N) is 1. The molecular formula is C15H22ClFN2. The van der Waals surface area contributed by atoms with E-state index in [1.165, 1.54) is 6.07 Å². The molecule has 4 heteroatoms. The topological polar surface area (TPSA) is 15.3 Å².